The molecule has 3 aromatic rings. The third-order valence-electron chi connectivity index (χ3n) is 9.12. The quantitative estimate of drug-likeness (QED) is 0.379. The van der Waals surface area contributed by atoms with Crippen LogP contribution in [0.15, 0.2) is 61.1 Å². The van der Waals surface area contributed by atoms with Gasteiger partial charge in [0.1, 0.15) is 5.60 Å². The molecule has 0 aliphatic carbocycles. The van der Waals surface area contributed by atoms with E-state index >= 15 is 0 Å². The number of carbonyl (C=O) groups excluding carboxylic acids is 2. The Morgan fingerprint density at radius 1 is 0.953 bits per heavy atom. The fourth-order valence-corrected chi connectivity index (χ4v) is 6.55. The van der Waals surface area contributed by atoms with E-state index in [9.17, 15) is 22.8 Å². The second-order valence-corrected chi connectivity index (χ2v) is 12.1. The summed E-state index contributed by atoms with van der Waals surface area (Å²) in [5.74, 6) is 0.436. The Morgan fingerprint density at radius 3 is 2.19 bits per heavy atom. The van der Waals surface area contributed by atoms with Gasteiger partial charge < -0.3 is 14.2 Å². The number of hydrogen-bond acceptors (Lipinski definition) is 5. The number of amides is 2. The van der Waals surface area contributed by atoms with E-state index in [0.717, 1.165) is 36.1 Å². The number of likely N-dealkylation sites (tertiary alicyclic amines) is 2. The molecule has 0 saturated carbocycles. The number of imidazole rings is 1. The zero-order chi connectivity index (χ0) is 30.2. The first-order valence-corrected chi connectivity index (χ1v) is 14.8. The molecule has 3 aliphatic rings. The molecule has 43 heavy (non-hydrogen) atoms. The number of aryl methyl sites for hydroxylation is 1. The van der Waals surface area contributed by atoms with Crippen LogP contribution in [-0.4, -0.2) is 74.6 Å². The van der Waals surface area contributed by atoms with Crippen LogP contribution in [0.5, 0.6) is 0 Å². The third kappa shape index (κ3) is 6.41. The summed E-state index contributed by atoms with van der Waals surface area (Å²) in [6, 6.07) is 12.8. The molecule has 1 aromatic heterocycles. The highest BCUT2D eigenvalue weighted by molar-refractivity contribution is 5.94. The molecular formula is C32H36F3N5O3. The normalized spacial score (nSPS) is 19.7. The summed E-state index contributed by atoms with van der Waals surface area (Å²) in [5.41, 5.74) is 2.41. The summed E-state index contributed by atoms with van der Waals surface area (Å²) < 4.78 is 46.5. The Hall–Kier alpha value is -3.86. The molecule has 11 heteroatoms. The maximum absolute atomic E-state index is 13.1. The van der Waals surface area contributed by atoms with Gasteiger partial charge in [-0.1, -0.05) is 24.3 Å². The van der Waals surface area contributed by atoms with Crippen LogP contribution >= 0.6 is 0 Å². The van der Waals surface area contributed by atoms with Crippen LogP contribution < -0.4 is 0 Å². The number of ether oxygens (including phenoxy) is 1. The highest BCUT2D eigenvalue weighted by Gasteiger charge is 2.46. The summed E-state index contributed by atoms with van der Waals surface area (Å²) in [5, 5.41) is 0. The lowest BCUT2D eigenvalue weighted by Gasteiger charge is -2.37. The maximum atomic E-state index is 13.1. The molecule has 3 aliphatic heterocycles. The van der Waals surface area contributed by atoms with Crippen molar-refractivity contribution in [3.05, 3.63) is 89.0 Å². The van der Waals surface area contributed by atoms with E-state index in [0.29, 0.717) is 70.1 Å². The predicted octanol–water partition coefficient (Wildman–Crippen LogP) is 5.45. The van der Waals surface area contributed by atoms with E-state index in [1.54, 1.807) is 4.90 Å². The Morgan fingerprint density at radius 2 is 1.58 bits per heavy atom. The highest BCUT2D eigenvalue weighted by Crippen LogP contribution is 2.35. The molecule has 228 valence electrons. The van der Waals surface area contributed by atoms with Crippen molar-refractivity contribution < 1.29 is 27.5 Å². The summed E-state index contributed by atoms with van der Waals surface area (Å²) in [6.45, 7) is 4.25. The van der Waals surface area contributed by atoms with Crippen LogP contribution in [0.3, 0.4) is 0 Å². The Kier molecular flexibility index (Phi) is 7.93. The van der Waals surface area contributed by atoms with Crippen molar-refractivity contribution in [2.45, 2.75) is 56.5 Å². The zero-order valence-electron chi connectivity index (χ0n) is 24.2. The molecule has 1 spiro atoms. The Labute approximate surface area is 249 Å². The van der Waals surface area contributed by atoms with Crippen LogP contribution in [0.4, 0.5) is 18.0 Å². The number of aromatic nitrogens is 2. The third-order valence-corrected chi connectivity index (χ3v) is 9.12. The van der Waals surface area contributed by atoms with Crippen molar-refractivity contribution in [3.63, 3.8) is 0 Å². The lowest BCUT2D eigenvalue weighted by atomic mass is 9.91. The second-order valence-electron chi connectivity index (χ2n) is 12.1. The highest BCUT2D eigenvalue weighted by atomic mass is 19.4. The van der Waals surface area contributed by atoms with E-state index in [1.807, 2.05) is 48.7 Å². The zero-order valence-corrected chi connectivity index (χ0v) is 24.2. The molecule has 0 unspecified atom stereocenters. The van der Waals surface area contributed by atoms with E-state index in [1.165, 1.54) is 17.8 Å². The Balaban J connectivity index is 0.981. The van der Waals surface area contributed by atoms with Gasteiger partial charge in [0.05, 0.1) is 18.4 Å². The van der Waals surface area contributed by atoms with E-state index in [2.05, 4.69) is 14.5 Å². The minimum atomic E-state index is -4.34. The van der Waals surface area contributed by atoms with Crippen molar-refractivity contribution in [3.8, 4) is 0 Å². The van der Waals surface area contributed by atoms with Crippen molar-refractivity contribution in [2.24, 2.45) is 7.05 Å². The van der Waals surface area contributed by atoms with E-state index in [-0.39, 0.29) is 12.0 Å². The van der Waals surface area contributed by atoms with Gasteiger partial charge in [-0.3, -0.25) is 14.6 Å². The van der Waals surface area contributed by atoms with Gasteiger partial charge in [-0.2, -0.15) is 13.2 Å². The molecule has 3 fully saturated rings. The van der Waals surface area contributed by atoms with Crippen LogP contribution in [0, 0.1) is 0 Å². The molecule has 8 nitrogen and oxygen atoms in total. The number of nitrogens with zero attached hydrogens (tertiary/aromatic N) is 5. The molecule has 4 heterocycles. The average molecular weight is 596 g/mol. The van der Waals surface area contributed by atoms with Crippen molar-refractivity contribution in [1.82, 2.24) is 24.3 Å². The smallest absolute Gasteiger partial charge is 0.416 e. The Bertz CT molecular complexity index is 1440. The number of piperidine rings is 2. The SMILES string of the molecule is Cn1cncc1C1CCN(C(=O)c2ccc(CN3CC4(CCN(Cc5ccc(C(F)(F)F)cc5)CC4)OC3=O)cc2)CC1. The predicted molar refractivity (Wildman–Crippen MR) is 153 cm³/mol. The number of benzene rings is 2. The van der Waals surface area contributed by atoms with Crippen LogP contribution in [0.1, 0.15) is 64.3 Å². The van der Waals surface area contributed by atoms with Gasteiger partial charge in [-0.05, 0) is 48.2 Å². The fourth-order valence-electron chi connectivity index (χ4n) is 6.55. The number of alkyl halides is 3. The van der Waals surface area contributed by atoms with Crippen LogP contribution in [-0.2, 0) is 31.1 Å². The van der Waals surface area contributed by atoms with E-state index < -0.39 is 17.3 Å². The van der Waals surface area contributed by atoms with Crippen molar-refractivity contribution in [2.75, 3.05) is 32.7 Å². The molecule has 0 bridgehead atoms. The van der Waals surface area contributed by atoms with Gasteiger partial charge in [-0.25, -0.2) is 9.78 Å². The van der Waals surface area contributed by atoms with Crippen molar-refractivity contribution in [1.29, 1.82) is 0 Å². The van der Waals surface area contributed by atoms with Crippen LogP contribution in [0.2, 0.25) is 0 Å². The largest absolute Gasteiger partial charge is 0.441 e. The first-order chi connectivity index (χ1) is 20.6. The van der Waals surface area contributed by atoms with Gasteiger partial charge >= 0.3 is 12.3 Å². The molecule has 2 amide bonds. The molecule has 0 radical (unpaired) electrons. The maximum Gasteiger partial charge on any atom is 0.416 e. The topological polar surface area (TPSA) is 70.9 Å². The lowest BCUT2D eigenvalue weighted by Crippen LogP contribution is -2.46. The summed E-state index contributed by atoms with van der Waals surface area (Å²) in [4.78, 5) is 36.0. The summed E-state index contributed by atoms with van der Waals surface area (Å²) in [6.07, 6.45) is 2.20. The molecular weight excluding hydrogens is 559 g/mol. The first-order valence-electron chi connectivity index (χ1n) is 14.8. The number of hydrogen-bond donors (Lipinski definition) is 0. The van der Waals surface area contributed by atoms with Gasteiger partial charge in [0.15, 0.2) is 0 Å². The van der Waals surface area contributed by atoms with Gasteiger partial charge in [0.25, 0.3) is 5.91 Å². The van der Waals surface area contributed by atoms with E-state index in [4.69, 9.17) is 4.74 Å². The number of halogens is 3. The minimum absolute atomic E-state index is 0.0256. The number of rotatable bonds is 6. The average Bonchev–Trinajstić information content (AvgIpc) is 3.56. The molecule has 3 saturated heterocycles. The second kappa shape index (κ2) is 11.7. The van der Waals surface area contributed by atoms with Gasteiger partial charge in [-0.15, -0.1) is 0 Å². The number of carbonyl (C=O) groups is 2. The first kappa shape index (κ1) is 29.2. The molecule has 0 N–H and O–H groups in total. The fraction of sp³-hybridized carbons (Fsp3) is 0.469. The summed E-state index contributed by atoms with van der Waals surface area (Å²) >= 11 is 0. The van der Waals surface area contributed by atoms with Gasteiger partial charge in [0.2, 0.25) is 0 Å². The van der Waals surface area contributed by atoms with Crippen LogP contribution in [0.25, 0.3) is 0 Å². The minimum Gasteiger partial charge on any atom is -0.441 e. The monoisotopic (exact) mass is 595 g/mol. The van der Waals surface area contributed by atoms with Gasteiger partial charge in [0, 0.05) is 82.5 Å². The molecule has 0 atom stereocenters. The standard InChI is InChI=1S/C32H36F3N5O3/c1-37-22-36-18-28(37)25-10-14-39(15-11-25)29(41)26-6-2-24(3-7-26)20-40-21-31(43-30(40)42)12-16-38(17-13-31)19-23-4-8-27(9-5-23)32(33,34)35/h2-9,18,22,25H,10-17,19-21H2,1H3. The van der Waals surface area contributed by atoms with Crippen molar-refractivity contribution >= 4 is 12.0 Å². The molecule has 6 rings (SSSR count). The molecule has 2 aromatic carbocycles. The lowest BCUT2D eigenvalue weighted by molar-refractivity contribution is -0.137. The summed E-state index contributed by atoms with van der Waals surface area (Å²) in [7, 11) is 2.00.